The fourth-order valence-electron chi connectivity index (χ4n) is 2.41. The van der Waals surface area contributed by atoms with E-state index in [4.69, 9.17) is 0 Å². The first-order valence-electron chi connectivity index (χ1n) is 7.71. The highest BCUT2D eigenvalue weighted by atomic mass is 19.4. The second-order valence-corrected chi connectivity index (χ2v) is 5.98. The van der Waals surface area contributed by atoms with E-state index in [0.29, 0.717) is 12.1 Å². The van der Waals surface area contributed by atoms with Crippen molar-refractivity contribution in [1.29, 1.82) is 0 Å². The quantitative estimate of drug-likeness (QED) is 0.427. The molecule has 0 spiro atoms. The van der Waals surface area contributed by atoms with Crippen molar-refractivity contribution in [3.63, 3.8) is 0 Å². The molecule has 0 aliphatic rings. The number of halogens is 12. The van der Waals surface area contributed by atoms with Gasteiger partial charge in [-0.25, -0.2) is 8.78 Å². The molecule has 1 aromatic heterocycles. The molecule has 0 saturated carbocycles. The summed E-state index contributed by atoms with van der Waals surface area (Å²) in [5.74, 6) is -35.6. The summed E-state index contributed by atoms with van der Waals surface area (Å²) in [6.07, 6.45) is -4.53. The van der Waals surface area contributed by atoms with E-state index in [1.54, 1.807) is 0 Å². The van der Waals surface area contributed by atoms with Crippen molar-refractivity contribution in [2.75, 3.05) is 0 Å². The maximum absolute atomic E-state index is 14.5. The average Bonchev–Trinajstić information content (AvgIpc) is 2.67. The van der Waals surface area contributed by atoms with Crippen LogP contribution in [0, 0.1) is 0 Å². The molecule has 0 aliphatic heterocycles. The van der Waals surface area contributed by atoms with Crippen LogP contribution in [-0.4, -0.2) is 35.1 Å². The van der Waals surface area contributed by atoms with Gasteiger partial charge in [-0.2, -0.15) is 43.9 Å². The average molecular weight is 455 g/mol. The molecule has 0 fully saturated rings. The molecule has 0 unspecified atom stereocenters. The maximum atomic E-state index is 14.5. The predicted octanol–water partition coefficient (Wildman–Crippen LogP) is 6.65. The summed E-state index contributed by atoms with van der Waals surface area (Å²) in [5.41, 5.74) is -3.32. The van der Waals surface area contributed by atoms with Crippen molar-refractivity contribution in [3.8, 4) is 11.3 Å². The zero-order valence-electron chi connectivity index (χ0n) is 14.2. The van der Waals surface area contributed by atoms with Gasteiger partial charge in [0.15, 0.2) is 0 Å². The molecule has 13 heteroatoms. The summed E-state index contributed by atoms with van der Waals surface area (Å²) in [6, 6.07) is 6.00. The lowest BCUT2D eigenvalue weighted by atomic mass is 9.88. The maximum Gasteiger partial charge on any atom is 0.385 e. The molecular weight excluding hydrogens is 446 g/mol. The van der Waals surface area contributed by atoms with Gasteiger partial charge in [0.2, 0.25) is 0 Å². The van der Waals surface area contributed by atoms with Gasteiger partial charge in [0.25, 0.3) is 0 Å². The Labute approximate surface area is 160 Å². The zero-order valence-corrected chi connectivity index (χ0v) is 14.2. The molecule has 1 aromatic carbocycles. The molecule has 1 heterocycles. The molecule has 0 amide bonds. The van der Waals surface area contributed by atoms with E-state index in [2.05, 4.69) is 4.98 Å². The predicted molar refractivity (Wildman–Crippen MR) is 79.4 cm³/mol. The molecule has 0 aliphatic carbocycles. The summed E-state index contributed by atoms with van der Waals surface area (Å²) < 4.78 is 161. The number of pyridine rings is 1. The van der Waals surface area contributed by atoms with Gasteiger partial charge in [0.05, 0.1) is 5.69 Å². The Bertz CT molecular complexity index is 879. The minimum absolute atomic E-state index is 0.164. The van der Waals surface area contributed by atoms with Gasteiger partial charge in [-0.05, 0) is 12.1 Å². The van der Waals surface area contributed by atoms with Crippen LogP contribution in [0.25, 0.3) is 11.3 Å². The Morgan fingerprint density at radius 2 is 1.17 bits per heavy atom. The highest BCUT2D eigenvalue weighted by Gasteiger charge is 2.88. The van der Waals surface area contributed by atoms with Crippen LogP contribution in [0.3, 0.4) is 0 Å². The fraction of sp³-hybridized carbons (Fsp3) is 0.353. The first-order chi connectivity index (χ1) is 13.5. The van der Waals surface area contributed by atoms with Crippen molar-refractivity contribution in [2.24, 2.45) is 0 Å². The van der Waals surface area contributed by atoms with Crippen LogP contribution in [0.5, 0.6) is 0 Å². The van der Waals surface area contributed by atoms with E-state index in [1.807, 2.05) is 0 Å². The van der Waals surface area contributed by atoms with Gasteiger partial charge in [0, 0.05) is 17.3 Å². The molecule has 0 radical (unpaired) electrons. The minimum atomic E-state index is -7.58. The Kier molecular flexibility index (Phi) is 5.83. The third-order valence-corrected chi connectivity index (χ3v) is 4.08. The van der Waals surface area contributed by atoms with Crippen LogP contribution in [0.15, 0.2) is 48.7 Å². The van der Waals surface area contributed by atoms with E-state index in [-0.39, 0.29) is 6.07 Å². The third-order valence-electron chi connectivity index (χ3n) is 4.08. The number of alkyl halides is 12. The number of aromatic nitrogens is 1. The van der Waals surface area contributed by atoms with Gasteiger partial charge in [0.1, 0.15) is 0 Å². The standard InChI is InChI=1S/C17H9F12N/c18-12(19)14(22,23)16(26,27)17(28,29)15(24,25)13(20,21)10-6-2-1-5-9(10)11-7-3-4-8-30-11/h1-8,12H. The van der Waals surface area contributed by atoms with Crippen LogP contribution in [0.4, 0.5) is 52.7 Å². The lowest BCUT2D eigenvalue weighted by Gasteiger charge is -2.39. The summed E-state index contributed by atoms with van der Waals surface area (Å²) in [7, 11) is 0. The normalized spacial score (nSPS) is 14.3. The SMILES string of the molecule is FC(F)C(F)(F)C(F)(F)C(F)(F)C(F)(F)C(F)(F)c1ccccc1-c1ccccn1. The Morgan fingerprint density at radius 1 is 0.633 bits per heavy atom. The van der Waals surface area contributed by atoms with Crippen molar-refractivity contribution in [2.45, 2.75) is 36.0 Å². The Hall–Kier alpha value is -2.47. The van der Waals surface area contributed by atoms with Crippen molar-refractivity contribution in [3.05, 3.63) is 54.2 Å². The molecule has 166 valence electrons. The van der Waals surface area contributed by atoms with E-state index in [9.17, 15) is 52.7 Å². The second kappa shape index (κ2) is 7.34. The largest absolute Gasteiger partial charge is 0.385 e. The van der Waals surface area contributed by atoms with Gasteiger partial charge in [-0.3, -0.25) is 4.98 Å². The van der Waals surface area contributed by atoms with Gasteiger partial charge in [-0.15, -0.1) is 0 Å². The molecule has 1 nitrogen and oxygen atoms in total. The summed E-state index contributed by atoms with van der Waals surface area (Å²) in [6.45, 7) is 0. The van der Waals surface area contributed by atoms with Gasteiger partial charge in [-0.1, -0.05) is 30.3 Å². The van der Waals surface area contributed by atoms with Gasteiger partial charge >= 0.3 is 36.0 Å². The van der Waals surface area contributed by atoms with E-state index in [0.717, 1.165) is 18.3 Å². The third kappa shape index (κ3) is 3.27. The summed E-state index contributed by atoms with van der Waals surface area (Å²) >= 11 is 0. The highest BCUT2D eigenvalue weighted by molar-refractivity contribution is 5.65. The molecule has 2 rings (SSSR count). The van der Waals surface area contributed by atoms with Gasteiger partial charge < -0.3 is 0 Å². The van der Waals surface area contributed by atoms with Crippen LogP contribution in [0.2, 0.25) is 0 Å². The van der Waals surface area contributed by atoms with E-state index in [1.165, 1.54) is 12.1 Å². The first-order valence-corrected chi connectivity index (χ1v) is 7.71. The summed E-state index contributed by atoms with van der Waals surface area (Å²) in [5, 5.41) is 0. The zero-order chi connectivity index (χ0) is 23.2. The highest BCUT2D eigenvalue weighted by Crippen LogP contribution is 2.61. The molecule has 0 bridgehead atoms. The number of rotatable bonds is 7. The second-order valence-electron chi connectivity index (χ2n) is 5.98. The molecule has 30 heavy (non-hydrogen) atoms. The van der Waals surface area contributed by atoms with E-state index < -0.39 is 52.9 Å². The number of nitrogens with zero attached hydrogens (tertiary/aromatic N) is 1. The van der Waals surface area contributed by atoms with Crippen LogP contribution >= 0.6 is 0 Å². The van der Waals surface area contributed by atoms with Crippen molar-refractivity contribution >= 4 is 0 Å². The smallest absolute Gasteiger partial charge is 0.256 e. The van der Waals surface area contributed by atoms with Crippen molar-refractivity contribution < 1.29 is 52.7 Å². The number of benzene rings is 1. The lowest BCUT2D eigenvalue weighted by molar-refractivity contribution is -0.415. The molecular formula is C17H9F12N. The fourth-order valence-corrected chi connectivity index (χ4v) is 2.41. The van der Waals surface area contributed by atoms with Crippen LogP contribution in [-0.2, 0) is 5.92 Å². The lowest BCUT2D eigenvalue weighted by Crippen LogP contribution is -2.67. The van der Waals surface area contributed by atoms with Crippen LogP contribution < -0.4 is 0 Å². The minimum Gasteiger partial charge on any atom is -0.256 e. The van der Waals surface area contributed by atoms with Crippen LogP contribution in [0.1, 0.15) is 5.56 Å². The molecule has 0 N–H and O–H groups in total. The first kappa shape index (κ1) is 23.8. The van der Waals surface area contributed by atoms with Crippen molar-refractivity contribution in [1.82, 2.24) is 4.98 Å². The topological polar surface area (TPSA) is 12.9 Å². The molecule has 0 atom stereocenters. The molecule has 0 saturated heterocycles. The Balaban J connectivity index is 2.68. The number of hydrogen-bond acceptors (Lipinski definition) is 1. The monoisotopic (exact) mass is 455 g/mol. The molecule has 2 aromatic rings. The Morgan fingerprint density at radius 3 is 1.67 bits per heavy atom. The number of hydrogen-bond donors (Lipinski definition) is 0. The van der Waals surface area contributed by atoms with E-state index >= 15 is 0 Å². The summed E-state index contributed by atoms with van der Waals surface area (Å²) in [4.78, 5) is 3.55.